The van der Waals surface area contributed by atoms with Crippen molar-refractivity contribution in [2.75, 3.05) is 6.61 Å². The van der Waals surface area contributed by atoms with E-state index in [2.05, 4.69) is 6.58 Å². The number of ether oxygens (including phenoxy) is 3. The third-order valence-corrected chi connectivity index (χ3v) is 5.15. The van der Waals surface area contributed by atoms with Crippen molar-refractivity contribution in [2.24, 2.45) is 5.92 Å². The second-order valence-electron chi connectivity index (χ2n) is 7.34. The van der Waals surface area contributed by atoms with Crippen LogP contribution < -0.4 is 0 Å². The van der Waals surface area contributed by atoms with E-state index in [0.29, 0.717) is 12.8 Å². The first-order valence-corrected chi connectivity index (χ1v) is 9.55. The Hall–Kier alpha value is -2.67. The van der Waals surface area contributed by atoms with Gasteiger partial charge in [0.1, 0.15) is 18.3 Å². The summed E-state index contributed by atoms with van der Waals surface area (Å²) in [7, 11) is 0. The van der Waals surface area contributed by atoms with E-state index in [4.69, 9.17) is 14.2 Å². The van der Waals surface area contributed by atoms with Crippen molar-refractivity contribution in [1.29, 1.82) is 0 Å². The number of allylic oxidation sites excluding steroid dienone is 1. The molecular formula is C22H28O7. The Bertz CT molecular complexity index is 787. The van der Waals surface area contributed by atoms with Gasteiger partial charge in [-0.2, -0.15) is 0 Å². The summed E-state index contributed by atoms with van der Waals surface area (Å²) in [6, 6.07) is 0. The van der Waals surface area contributed by atoms with Crippen molar-refractivity contribution in [2.45, 2.75) is 58.8 Å². The van der Waals surface area contributed by atoms with Crippen molar-refractivity contribution in [3.63, 3.8) is 0 Å². The van der Waals surface area contributed by atoms with E-state index >= 15 is 0 Å². The Kier molecular flexibility index (Phi) is 7.56. The Morgan fingerprint density at radius 1 is 1.34 bits per heavy atom. The van der Waals surface area contributed by atoms with Gasteiger partial charge in [-0.15, -0.1) is 0 Å². The molecular weight excluding hydrogens is 376 g/mol. The van der Waals surface area contributed by atoms with Crippen molar-refractivity contribution >= 4 is 17.9 Å². The highest BCUT2D eigenvalue weighted by atomic mass is 16.6. The molecule has 4 atom stereocenters. The standard InChI is InChI=1S/C22H28O7/c1-6-16(11-23)22(26)29-18-9-12(2)7-8-17(27-15(5)24)13(3)10-19-20(18)14(4)21(25)28-19/h6-7,10,17-20,23H,4,8-9,11H2,1-3,5H3/b12-7+,13-10-,16-6+/t17-,18-,19+,20-/m1/s1. The maximum atomic E-state index is 12.4. The van der Waals surface area contributed by atoms with Crippen molar-refractivity contribution in [3.05, 3.63) is 47.1 Å². The first-order valence-electron chi connectivity index (χ1n) is 9.55. The second kappa shape index (κ2) is 9.69. The Labute approximate surface area is 170 Å². The Balaban J connectivity index is 2.43. The van der Waals surface area contributed by atoms with Crippen LogP contribution in [-0.4, -0.2) is 47.9 Å². The topological polar surface area (TPSA) is 99.1 Å². The molecule has 0 saturated carbocycles. The lowest BCUT2D eigenvalue weighted by atomic mass is 9.85. The summed E-state index contributed by atoms with van der Waals surface area (Å²) in [6.07, 6.45) is 4.09. The fraction of sp³-hybridized carbons (Fsp3) is 0.500. The predicted octanol–water partition coefficient (Wildman–Crippen LogP) is 2.55. The smallest absolute Gasteiger partial charge is 0.336 e. The zero-order chi connectivity index (χ0) is 21.7. The average Bonchev–Trinajstić information content (AvgIpc) is 2.91. The molecule has 1 heterocycles. The molecule has 1 aliphatic carbocycles. The van der Waals surface area contributed by atoms with Gasteiger partial charge < -0.3 is 19.3 Å². The summed E-state index contributed by atoms with van der Waals surface area (Å²) in [6.45, 7) is 10.1. The van der Waals surface area contributed by atoms with Crippen LogP contribution in [0.1, 0.15) is 40.5 Å². The lowest BCUT2D eigenvalue weighted by molar-refractivity contribution is -0.148. The van der Waals surface area contributed by atoms with Gasteiger partial charge in [0.05, 0.1) is 18.1 Å². The van der Waals surface area contributed by atoms with E-state index in [1.165, 1.54) is 13.0 Å². The first-order chi connectivity index (χ1) is 13.7. The molecule has 29 heavy (non-hydrogen) atoms. The molecule has 0 aromatic heterocycles. The number of carbonyl (C=O) groups excluding carboxylic acids is 3. The largest absolute Gasteiger partial charge is 0.458 e. The van der Waals surface area contributed by atoms with Crippen molar-refractivity contribution in [3.8, 4) is 0 Å². The summed E-state index contributed by atoms with van der Waals surface area (Å²) in [4.78, 5) is 36.1. The SMILES string of the molecule is C=C1C(=O)O[C@H]2/C=C(/C)[C@H](OC(C)=O)C/C=C(\C)C[C@@H](OC(=O)/C(=C/C)CO)[C@@H]12. The molecule has 0 spiro atoms. The van der Waals surface area contributed by atoms with E-state index in [1.807, 2.05) is 13.0 Å². The highest BCUT2D eigenvalue weighted by Gasteiger charge is 2.45. The minimum Gasteiger partial charge on any atom is -0.458 e. The molecule has 158 valence electrons. The van der Waals surface area contributed by atoms with Gasteiger partial charge >= 0.3 is 17.9 Å². The number of aliphatic hydroxyl groups excluding tert-OH is 1. The quantitative estimate of drug-likeness (QED) is 0.333. The Morgan fingerprint density at radius 3 is 2.62 bits per heavy atom. The van der Waals surface area contributed by atoms with Gasteiger partial charge in [-0.3, -0.25) is 4.79 Å². The van der Waals surface area contributed by atoms with Crippen LogP contribution in [0.15, 0.2) is 47.1 Å². The minimum atomic E-state index is -0.696. The molecule has 2 rings (SSSR count). The minimum absolute atomic E-state index is 0.137. The lowest BCUT2D eigenvalue weighted by Crippen LogP contribution is -2.34. The number of hydrogen-bond acceptors (Lipinski definition) is 7. The molecule has 0 bridgehead atoms. The van der Waals surface area contributed by atoms with Crippen LogP contribution in [-0.2, 0) is 28.6 Å². The number of rotatable bonds is 4. The summed E-state index contributed by atoms with van der Waals surface area (Å²) in [5, 5.41) is 9.35. The maximum absolute atomic E-state index is 12.4. The average molecular weight is 404 g/mol. The summed E-state index contributed by atoms with van der Waals surface area (Å²) in [5.74, 6) is -2.18. The van der Waals surface area contributed by atoms with Gasteiger partial charge in [-0.25, -0.2) is 9.59 Å². The fourth-order valence-corrected chi connectivity index (χ4v) is 3.51. The summed E-state index contributed by atoms with van der Waals surface area (Å²) < 4.78 is 16.5. The number of aliphatic hydroxyl groups is 1. The van der Waals surface area contributed by atoms with Gasteiger partial charge in [0.25, 0.3) is 0 Å². The molecule has 1 aliphatic heterocycles. The molecule has 0 aromatic carbocycles. The van der Waals surface area contributed by atoms with E-state index < -0.39 is 48.7 Å². The fourth-order valence-electron chi connectivity index (χ4n) is 3.51. The number of esters is 3. The molecule has 1 saturated heterocycles. The van der Waals surface area contributed by atoms with E-state index in [9.17, 15) is 19.5 Å². The van der Waals surface area contributed by atoms with Crippen LogP contribution in [0, 0.1) is 5.92 Å². The monoisotopic (exact) mass is 404 g/mol. The van der Waals surface area contributed by atoms with Gasteiger partial charge in [0, 0.05) is 25.3 Å². The van der Waals surface area contributed by atoms with Crippen molar-refractivity contribution < 1.29 is 33.7 Å². The van der Waals surface area contributed by atoms with Crippen molar-refractivity contribution in [1.82, 2.24) is 0 Å². The van der Waals surface area contributed by atoms with E-state index in [1.54, 1.807) is 19.9 Å². The summed E-state index contributed by atoms with van der Waals surface area (Å²) in [5.41, 5.74) is 2.00. The lowest BCUT2D eigenvalue weighted by Gasteiger charge is -2.28. The van der Waals surface area contributed by atoms with Crippen LogP contribution in [0.3, 0.4) is 0 Å². The Morgan fingerprint density at radius 2 is 2.03 bits per heavy atom. The van der Waals surface area contributed by atoms with Crippen LogP contribution in [0.4, 0.5) is 0 Å². The van der Waals surface area contributed by atoms with Gasteiger partial charge in [0.15, 0.2) is 0 Å². The third-order valence-electron chi connectivity index (χ3n) is 5.15. The molecule has 0 unspecified atom stereocenters. The van der Waals surface area contributed by atoms with Crippen LogP contribution in [0.5, 0.6) is 0 Å². The molecule has 0 aromatic rings. The van der Waals surface area contributed by atoms with Gasteiger partial charge in [0.2, 0.25) is 0 Å². The zero-order valence-corrected chi connectivity index (χ0v) is 17.3. The molecule has 0 amide bonds. The van der Waals surface area contributed by atoms with Gasteiger partial charge in [-0.05, 0) is 32.4 Å². The molecule has 7 heteroatoms. The molecule has 7 nitrogen and oxygen atoms in total. The van der Waals surface area contributed by atoms with Gasteiger partial charge in [-0.1, -0.05) is 24.3 Å². The summed E-state index contributed by atoms with van der Waals surface area (Å²) >= 11 is 0. The molecule has 2 aliphatic rings. The molecule has 1 N–H and O–H groups in total. The van der Waals surface area contributed by atoms with Crippen LogP contribution in [0.25, 0.3) is 0 Å². The maximum Gasteiger partial charge on any atom is 0.336 e. The number of carbonyl (C=O) groups is 3. The number of hydrogen-bond donors (Lipinski definition) is 1. The molecule has 0 radical (unpaired) electrons. The molecule has 1 fully saturated rings. The van der Waals surface area contributed by atoms with Crippen LogP contribution >= 0.6 is 0 Å². The van der Waals surface area contributed by atoms with E-state index in [0.717, 1.165) is 11.1 Å². The predicted molar refractivity (Wildman–Crippen MR) is 106 cm³/mol. The number of fused-ring (bicyclic) bond motifs is 1. The highest BCUT2D eigenvalue weighted by Crippen LogP contribution is 2.36. The second-order valence-corrected chi connectivity index (χ2v) is 7.34. The van der Waals surface area contributed by atoms with E-state index in [-0.39, 0.29) is 11.1 Å². The zero-order valence-electron chi connectivity index (χ0n) is 17.3. The third kappa shape index (κ3) is 5.44. The normalized spacial score (nSPS) is 31.6. The highest BCUT2D eigenvalue weighted by molar-refractivity contribution is 5.92. The van der Waals surface area contributed by atoms with Crippen LogP contribution in [0.2, 0.25) is 0 Å². The first kappa shape index (κ1) is 22.6.